The molecule has 2 aromatic rings. The number of para-hydroxylation sites is 1. The summed E-state index contributed by atoms with van der Waals surface area (Å²) in [6, 6.07) is 16.6. The van der Waals surface area contributed by atoms with E-state index in [0.29, 0.717) is 30.5 Å². The zero-order valence-corrected chi connectivity index (χ0v) is 18.1. The van der Waals surface area contributed by atoms with Crippen molar-refractivity contribution in [1.29, 1.82) is 0 Å². The van der Waals surface area contributed by atoms with E-state index in [0.717, 1.165) is 31.6 Å². The van der Waals surface area contributed by atoms with Gasteiger partial charge in [0.05, 0.1) is 11.4 Å². The van der Waals surface area contributed by atoms with E-state index in [1.807, 2.05) is 30.3 Å². The van der Waals surface area contributed by atoms with Crippen molar-refractivity contribution in [2.45, 2.75) is 30.2 Å². The van der Waals surface area contributed by atoms with E-state index in [1.54, 1.807) is 12.1 Å². The lowest BCUT2D eigenvalue weighted by Gasteiger charge is -2.17. The molecule has 0 unspecified atom stereocenters. The van der Waals surface area contributed by atoms with Crippen LogP contribution in [0.1, 0.15) is 19.3 Å². The standard InChI is InChI=1S/C22H27N5O3S/c28-22(16-27-13-11-19(15-27)24-17-6-2-1-3-7-17)25-18-8-4-9-20(14-18)31(29,30)26-21-10-5-12-23-21/h1-4,6-9,14,19,24H,5,10-13,15-16H2,(H,23,26)(H,25,28)/t19-/m1/s1. The largest absolute Gasteiger partial charge is 0.381 e. The lowest BCUT2D eigenvalue weighted by molar-refractivity contribution is -0.117. The third kappa shape index (κ3) is 5.83. The molecule has 3 N–H and O–H groups in total. The molecule has 0 saturated carbocycles. The molecule has 2 aliphatic rings. The van der Waals surface area contributed by atoms with Crippen molar-refractivity contribution in [1.82, 2.24) is 9.62 Å². The molecule has 0 spiro atoms. The summed E-state index contributed by atoms with van der Waals surface area (Å²) in [6.45, 7) is 2.52. The summed E-state index contributed by atoms with van der Waals surface area (Å²) in [5, 5.41) is 6.31. The van der Waals surface area contributed by atoms with Gasteiger partial charge in [-0.15, -0.1) is 0 Å². The van der Waals surface area contributed by atoms with Gasteiger partial charge >= 0.3 is 0 Å². The fraction of sp³-hybridized carbons (Fsp3) is 0.364. The first-order valence-corrected chi connectivity index (χ1v) is 12.0. The summed E-state index contributed by atoms with van der Waals surface area (Å²) in [5.74, 6) is 0.324. The van der Waals surface area contributed by atoms with Crippen LogP contribution >= 0.6 is 0 Å². The lowest BCUT2D eigenvalue weighted by Crippen LogP contribution is -2.33. The molecule has 8 nitrogen and oxygen atoms in total. The van der Waals surface area contributed by atoms with Gasteiger partial charge < -0.3 is 10.6 Å². The quantitative estimate of drug-likeness (QED) is 0.612. The molecule has 4 rings (SSSR count). The van der Waals surface area contributed by atoms with E-state index in [2.05, 4.69) is 25.2 Å². The maximum absolute atomic E-state index is 12.6. The highest BCUT2D eigenvalue weighted by Crippen LogP contribution is 2.18. The van der Waals surface area contributed by atoms with Crippen molar-refractivity contribution in [3.8, 4) is 0 Å². The van der Waals surface area contributed by atoms with Gasteiger partial charge in [-0.2, -0.15) is 0 Å². The van der Waals surface area contributed by atoms with Crippen LogP contribution in [0, 0.1) is 0 Å². The Morgan fingerprint density at radius 3 is 2.68 bits per heavy atom. The summed E-state index contributed by atoms with van der Waals surface area (Å²) in [4.78, 5) is 18.9. The average molecular weight is 442 g/mol. The summed E-state index contributed by atoms with van der Waals surface area (Å²) in [7, 11) is -3.71. The van der Waals surface area contributed by atoms with Crippen LogP contribution in [0.25, 0.3) is 0 Å². The third-order valence-electron chi connectivity index (χ3n) is 5.34. The SMILES string of the molecule is O=C(CN1CC[C@@H](Nc2ccccc2)C1)Nc1cccc(S(=O)(=O)NC2=NCCC2)c1. The minimum absolute atomic E-state index is 0.105. The Kier molecular flexibility index (Phi) is 6.53. The number of nitrogens with one attached hydrogen (secondary N) is 3. The minimum atomic E-state index is -3.71. The van der Waals surface area contributed by atoms with Gasteiger partial charge in [-0.3, -0.25) is 19.4 Å². The van der Waals surface area contributed by atoms with Crippen LogP contribution in [0.2, 0.25) is 0 Å². The molecule has 31 heavy (non-hydrogen) atoms. The highest BCUT2D eigenvalue weighted by Gasteiger charge is 2.24. The molecule has 9 heteroatoms. The van der Waals surface area contributed by atoms with E-state index in [1.165, 1.54) is 12.1 Å². The van der Waals surface area contributed by atoms with Crippen LogP contribution < -0.4 is 15.4 Å². The van der Waals surface area contributed by atoms with Crippen molar-refractivity contribution in [3.05, 3.63) is 54.6 Å². The molecule has 0 bridgehead atoms. The molecule has 1 fully saturated rings. The molecule has 2 heterocycles. The second-order valence-corrected chi connectivity index (χ2v) is 9.53. The highest BCUT2D eigenvalue weighted by molar-refractivity contribution is 7.90. The number of amides is 1. The first kappa shape index (κ1) is 21.3. The maximum atomic E-state index is 12.6. The molecule has 164 valence electrons. The van der Waals surface area contributed by atoms with Crippen LogP contribution in [-0.2, 0) is 14.8 Å². The molecule has 0 radical (unpaired) electrons. The summed E-state index contributed by atoms with van der Waals surface area (Å²) >= 11 is 0. The van der Waals surface area contributed by atoms with E-state index in [9.17, 15) is 13.2 Å². The number of nitrogens with zero attached hydrogens (tertiary/aromatic N) is 2. The van der Waals surface area contributed by atoms with Gasteiger partial charge in [0.2, 0.25) is 5.91 Å². The zero-order chi connectivity index (χ0) is 21.7. The Balaban J connectivity index is 1.30. The maximum Gasteiger partial charge on any atom is 0.262 e. The van der Waals surface area contributed by atoms with Crippen molar-refractivity contribution in [3.63, 3.8) is 0 Å². The number of anilines is 2. The summed E-state index contributed by atoms with van der Waals surface area (Å²) < 4.78 is 27.7. The van der Waals surface area contributed by atoms with Crippen molar-refractivity contribution in [2.75, 3.05) is 36.8 Å². The van der Waals surface area contributed by atoms with E-state index in [4.69, 9.17) is 0 Å². The fourth-order valence-corrected chi connectivity index (χ4v) is 4.98. The molecule has 1 saturated heterocycles. The number of sulfonamides is 1. The van der Waals surface area contributed by atoms with Crippen LogP contribution in [0.3, 0.4) is 0 Å². The average Bonchev–Trinajstić information content (AvgIpc) is 3.41. The molecule has 1 amide bonds. The first-order valence-electron chi connectivity index (χ1n) is 10.5. The molecule has 2 aliphatic heterocycles. The normalized spacial score (nSPS) is 19.1. The number of hydrogen-bond donors (Lipinski definition) is 3. The van der Waals surface area contributed by atoms with Gasteiger partial charge in [0.25, 0.3) is 10.0 Å². The first-order chi connectivity index (χ1) is 15.0. The zero-order valence-electron chi connectivity index (χ0n) is 17.3. The number of rotatable bonds is 7. The van der Waals surface area contributed by atoms with Gasteiger partial charge in [0.1, 0.15) is 5.84 Å². The Bertz CT molecular complexity index is 1060. The fourth-order valence-electron chi connectivity index (χ4n) is 3.85. The number of aliphatic imine (C=N–C) groups is 1. The Hall–Kier alpha value is -2.91. The van der Waals surface area contributed by atoms with Crippen molar-refractivity contribution >= 4 is 33.1 Å². The number of amidine groups is 1. The predicted octanol–water partition coefficient (Wildman–Crippen LogP) is 2.28. The number of benzene rings is 2. The Labute approximate surface area is 182 Å². The van der Waals surface area contributed by atoms with Gasteiger partial charge in [-0.05, 0) is 43.2 Å². The minimum Gasteiger partial charge on any atom is -0.381 e. The van der Waals surface area contributed by atoms with Crippen molar-refractivity contribution < 1.29 is 13.2 Å². The second-order valence-electron chi connectivity index (χ2n) is 7.84. The van der Waals surface area contributed by atoms with Crippen LogP contribution in [0.15, 0.2) is 64.5 Å². The van der Waals surface area contributed by atoms with Gasteiger partial charge in [-0.1, -0.05) is 24.3 Å². The number of carbonyl (C=O) groups excluding carboxylic acids is 1. The van der Waals surface area contributed by atoms with E-state index >= 15 is 0 Å². The third-order valence-corrected chi connectivity index (χ3v) is 6.72. The smallest absolute Gasteiger partial charge is 0.262 e. The van der Waals surface area contributed by atoms with E-state index < -0.39 is 10.0 Å². The Morgan fingerprint density at radius 1 is 1.10 bits per heavy atom. The van der Waals surface area contributed by atoms with Crippen LogP contribution in [0.4, 0.5) is 11.4 Å². The molecular formula is C22H27N5O3S. The molecule has 0 aromatic heterocycles. The summed E-state index contributed by atoms with van der Waals surface area (Å²) in [6.07, 6.45) is 2.45. The highest BCUT2D eigenvalue weighted by atomic mass is 32.2. The van der Waals surface area contributed by atoms with Crippen molar-refractivity contribution in [2.24, 2.45) is 4.99 Å². The summed E-state index contributed by atoms with van der Waals surface area (Å²) in [5.41, 5.74) is 1.54. The van der Waals surface area contributed by atoms with Crippen LogP contribution in [-0.4, -0.2) is 57.3 Å². The van der Waals surface area contributed by atoms with Crippen LogP contribution in [0.5, 0.6) is 0 Å². The molecule has 2 aromatic carbocycles. The van der Waals surface area contributed by atoms with E-state index in [-0.39, 0.29) is 17.3 Å². The van der Waals surface area contributed by atoms with Gasteiger partial charge in [0.15, 0.2) is 0 Å². The molecular weight excluding hydrogens is 414 g/mol. The predicted molar refractivity (Wildman–Crippen MR) is 122 cm³/mol. The number of hydrogen-bond acceptors (Lipinski definition) is 6. The van der Waals surface area contributed by atoms with Gasteiger partial charge in [-0.25, -0.2) is 8.42 Å². The molecule has 0 aliphatic carbocycles. The number of carbonyl (C=O) groups is 1. The number of likely N-dealkylation sites (tertiary alicyclic amines) is 1. The topological polar surface area (TPSA) is 103 Å². The monoisotopic (exact) mass is 441 g/mol. The lowest BCUT2D eigenvalue weighted by atomic mass is 10.2. The molecule has 1 atom stereocenters. The van der Waals surface area contributed by atoms with Gasteiger partial charge in [0, 0.05) is 43.5 Å². The second kappa shape index (κ2) is 9.49. The Morgan fingerprint density at radius 2 is 1.90 bits per heavy atom.